The van der Waals surface area contributed by atoms with Gasteiger partial charge >= 0.3 is 0 Å². The molecule has 2 aromatic rings. The number of ether oxygens (including phenoxy) is 1. The predicted molar refractivity (Wildman–Crippen MR) is 113 cm³/mol. The quantitative estimate of drug-likeness (QED) is 0.668. The van der Waals surface area contributed by atoms with Crippen LogP contribution in [0.5, 0.6) is 5.75 Å². The van der Waals surface area contributed by atoms with E-state index in [0.717, 1.165) is 57.6 Å². The molecule has 0 atom stereocenters. The van der Waals surface area contributed by atoms with Crippen LogP contribution in [0, 0.1) is 5.92 Å². The first-order chi connectivity index (χ1) is 13.7. The molecule has 4 heteroatoms. The Hall–Kier alpha value is -2.33. The Kier molecular flexibility index (Phi) is 7.92. The van der Waals surface area contributed by atoms with Crippen LogP contribution in [0.1, 0.15) is 37.3 Å². The Bertz CT molecular complexity index is 707. The van der Waals surface area contributed by atoms with Crippen molar-refractivity contribution in [1.29, 1.82) is 0 Å². The third-order valence-electron chi connectivity index (χ3n) is 5.38. The summed E-state index contributed by atoms with van der Waals surface area (Å²) in [7, 11) is 0. The van der Waals surface area contributed by atoms with Gasteiger partial charge < -0.3 is 10.1 Å². The minimum atomic E-state index is 0.164. The summed E-state index contributed by atoms with van der Waals surface area (Å²) in [6.45, 7) is 6.41. The molecule has 0 radical (unpaired) electrons. The van der Waals surface area contributed by atoms with Crippen molar-refractivity contribution in [3.63, 3.8) is 0 Å². The van der Waals surface area contributed by atoms with E-state index in [1.165, 1.54) is 11.1 Å². The first-order valence-electron chi connectivity index (χ1n) is 10.5. The fourth-order valence-corrected chi connectivity index (χ4v) is 3.76. The molecule has 28 heavy (non-hydrogen) atoms. The second-order valence-corrected chi connectivity index (χ2v) is 7.51. The fourth-order valence-electron chi connectivity index (χ4n) is 3.76. The van der Waals surface area contributed by atoms with E-state index < -0.39 is 0 Å². The third-order valence-corrected chi connectivity index (χ3v) is 5.38. The number of carbonyl (C=O) groups is 1. The molecule has 1 heterocycles. The van der Waals surface area contributed by atoms with Crippen LogP contribution < -0.4 is 10.1 Å². The van der Waals surface area contributed by atoms with Gasteiger partial charge in [-0.1, -0.05) is 42.5 Å². The van der Waals surface area contributed by atoms with Crippen LogP contribution in [0.3, 0.4) is 0 Å². The summed E-state index contributed by atoms with van der Waals surface area (Å²) in [6, 6.07) is 18.8. The largest absolute Gasteiger partial charge is 0.494 e. The van der Waals surface area contributed by atoms with Crippen LogP contribution in [0.4, 0.5) is 0 Å². The first kappa shape index (κ1) is 20.4. The molecule has 1 aliphatic rings. The number of carbonyl (C=O) groups excluding carboxylic acids is 1. The molecule has 150 valence electrons. The van der Waals surface area contributed by atoms with E-state index in [1.807, 2.05) is 19.1 Å². The molecule has 1 N–H and O–H groups in total. The fraction of sp³-hybridized carbons (Fsp3) is 0.458. The minimum absolute atomic E-state index is 0.164. The smallest absolute Gasteiger partial charge is 0.223 e. The maximum Gasteiger partial charge on any atom is 0.223 e. The summed E-state index contributed by atoms with van der Waals surface area (Å²) in [4.78, 5) is 14.9. The molecular weight excluding hydrogens is 348 g/mol. The van der Waals surface area contributed by atoms with Gasteiger partial charge in [-0.25, -0.2) is 0 Å². The van der Waals surface area contributed by atoms with E-state index in [9.17, 15) is 4.79 Å². The normalized spacial score (nSPS) is 15.3. The van der Waals surface area contributed by atoms with E-state index in [1.54, 1.807) is 0 Å². The van der Waals surface area contributed by atoms with Gasteiger partial charge in [0, 0.05) is 19.0 Å². The number of aryl methyl sites for hydroxylation is 1. The lowest BCUT2D eigenvalue weighted by Gasteiger charge is -2.31. The molecule has 0 spiro atoms. The molecule has 0 bridgehead atoms. The monoisotopic (exact) mass is 380 g/mol. The van der Waals surface area contributed by atoms with E-state index in [0.29, 0.717) is 6.61 Å². The Labute approximate surface area is 168 Å². The topological polar surface area (TPSA) is 41.6 Å². The van der Waals surface area contributed by atoms with Gasteiger partial charge in [-0.2, -0.15) is 0 Å². The van der Waals surface area contributed by atoms with Gasteiger partial charge in [-0.15, -0.1) is 0 Å². The highest BCUT2D eigenvalue weighted by molar-refractivity contribution is 5.78. The first-order valence-corrected chi connectivity index (χ1v) is 10.5. The molecule has 0 saturated carbocycles. The van der Waals surface area contributed by atoms with Crippen LogP contribution in [0.2, 0.25) is 0 Å². The number of benzene rings is 2. The number of amides is 1. The van der Waals surface area contributed by atoms with Gasteiger partial charge in [0.2, 0.25) is 5.91 Å². The molecule has 1 amide bonds. The van der Waals surface area contributed by atoms with Crippen LogP contribution >= 0.6 is 0 Å². The van der Waals surface area contributed by atoms with Gasteiger partial charge in [0.15, 0.2) is 0 Å². The van der Waals surface area contributed by atoms with Gasteiger partial charge in [0.1, 0.15) is 5.75 Å². The average molecular weight is 381 g/mol. The maximum atomic E-state index is 12.4. The molecule has 1 saturated heterocycles. The zero-order valence-electron chi connectivity index (χ0n) is 16.9. The number of hydrogen-bond acceptors (Lipinski definition) is 3. The average Bonchev–Trinajstić information content (AvgIpc) is 2.74. The van der Waals surface area contributed by atoms with E-state index in [-0.39, 0.29) is 11.8 Å². The molecule has 3 rings (SSSR count). The Morgan fingerprint density at radius 1 is 1.04 bits per heavy atom. The zero-order valence-corrected chi connectivity index (χ0v) is 16.9. The minimum Gasteiger partial charge on any atom is -0.494 e. The lowest BCUT2D eigenvalue weighted by atomic mass is 9.95. The van der Waals surface area contributed by atoms with E-state index >= 15 is 0 Å². The SMILES string of the molecule is CCOc1ccc(CCCNC(=O)C2CCN(Cc3ccccc3)CC2)cc1. The highest BCUT2D eigenvalue weighted by Crippen LogP contribution is 2.19. The molecule has 4 nitrogen and oxygen atoms in total. The van der Waals surface area contributed by atoms with Crippen LogP contribution in [0.25, 0.3) is 0 Å². The highest BCUT2D eigenvalue weighted by atomic mass is 16.5. The summed E-state index contributed by atoms with van der Waals surface area (Å²) in [5, 5.41) is 3.14. The van der Waals surface area contributed by atoms with Crippen LogP contribution in [-0.4, -0.2) is 37.0 Å². The Morgan fingerprint density at radius 2 is 1.75 bits per heavy atom. The van der Waals surface area contributed by atoms with Crippen LogP contribution in [0.15, 0.2) is 54.6 Å². The van der Waals surface area contributed by atoms with Crippen molar-refractivity contribution in [2.45, 2.75) is 39.2 Å². The number of piperidine rings is 1. The van der Waals surface area contributed by atoms with Gasteiger partial charge in [-0.3, -0.25) is 9.69 Å². The second kappa shape index (κ2) is 10.9. The Morgan fingerprint density at radius 3 is 2.43 bits per heavy atom. The second-order valence-electron chi connectivity index (χ2n) is 7.51. The van der Waals surface area contributed by atoms with Crippen molar-refractivity contribution >= 4 is 5.91 Å². The van der Waals surface area contributed by atoms with Gasteiger partial charge in [0.25, 0.3) is 0 Å². The lowest BCUT2D eigenvalue weighted by Crippen LogP contribution is -2.40. The zero-order chi connectivity index (χ0) is 19.6. The highest BCUT2D eigenvalue weighted by Gasteiger charge is 2.24. The van der Waals surface area contributed by atoms with Crippen molar-refractivity contribution in [3.8, 4) is 5.75 Å². The van der Waals surface area contributed by atoms with Crippen molar-refractivity contribution in [2.75, 3.05) is 26.2 Å². The number of nitrogens with one attached hydrogen (secondary N) is 1. The third kappa shape index (κ3) is 6.38. The van der Waals surface area contributed by atoms with Crippen molar-refractivity contribution < 1.29 is 9.53 Å². The van der Waals surface area contributed by atoms with Gasteiger partial charge in [0.05, 0.1) is 6.61 Å². The molecule has 1 fully saturated rings. The van der Waals surface area contributed by atoms with E-state index in [4.69, 9.17) is 4.74 Å². The number of hydrogen-bond donors (Lipinski definition) is 1. The maximum absolute atomic E-state index is 12.4. The summed E-state index contributed by atoms with van der Waals surface area (Å²) >= 11 is 0. The number of likely N-dealkylation sites (tertiary alicyclic amines) is 1. The molecule has 0 unspecified atom stereocenters. The Balaban J connectivity index is 1.31. The van der Waals surface area contributed by atoms with Crippen molar-refractivity contribution in [1.82, 2.24) is 10.2 Å². The number of rotatable bonds is 9. The molecule has 0 aromatic heterocycles. The lowest BCUT2D eigenvalue weighted by molar-refractivity contribution is -0.126. The van der Waals surface area contributed by atoms with Crippen molar-refractivity contribution in [2.24, 2.45) is 5.92 Å². The standard InChI is InChI=1S/C24H32N2O2/c1-2-28-23-12-10-20(11-13-23)9-6-16-25-24(27)22-14-17-26(18-15-22)19-21-7-4-3-5-8-21/h3-5,7-8,10-13,22H,2,6,9,14-19H2,1H3,(H,25,27). The summed E-state index contributed by atoms with van der Waals surface area (Å²) in [5.74, 6) is 1.31. The van der Waals surface area contributed by atoms with Gasteiger partial charge in [-0.05, 0) is 69.0 Å². The summed E-state index contributed by atoms with van der Waals surface area (Å²) in [6.07, 6.45) is 3.85. The number of nitrogens with zero attached hydrogens (tertiary/aromatic N) is 1. The van der Waals surface area contributed by atoms with E-state index in [2.05, 4.69) is 52.7 Å². The molecule has 1 aliphatic heterocycles. The van der Waals surface area contributed by atoms with Crippen molar-refractivity contribution in [3.05, 3.63) is 65.7 Å². The van der Waals surface area contributed by atoms with Crippen LogP contribution in [-0.2, 0) is 17.8 Å². The molecule has 0 aliphatic carbocycles. The molecular formula is C24H32N2O2. The molecule has 2 aromatic carbocycles. The predicted octanol–water partition coefficient (Wildman–Crippen LogP) is 4.05. The summed E-state index contributed by atoms with van der Waals surface area (Å²) in [5.41, 5.74) is 2.63. The summed E-state index contributed by atoms with van der Waals surface area (Å²) < 4.78 is 5.47.